The van der Waals surface area contributed by atoms with Crippen LogP contribution >= 0.6 is 0 Å². The summed E-state index contributed by atoms with van der Waals surface area (Å²) in [4.78, 5) is 22.9. The molecule has 5 nitrogen and oxygen atoms in total. The lowest BCUT2D eigenvalue weighted by atomic mass is 10.1. The molecule has 1 aromatic rings. The molecular weight excluding hydrogens is 242 g/mol. The van der Waals surface area contributed by atoms with Gasteiger partial charge in [0.15, 0.2) is 0 Å². The second-order valence-electron chi connectivity index (χ2n) is 4.32. The van der Waals surface area contributed by atoms with E-state index in [9.17, 15) is 9.59 Å². The van der Waals surface area contributed by atoms with Gasteiger partial charge in [-0.15, -0.1) is 0 Å². The lowest BCUT2D eigenvalue weighted by Gasteiger charge is -2.07. The quantitative estimate of drug-likeness (QED) is 0.521. The standard InChI is InChI=1S/C14H21N3O2/c1-2-3-7-16-13(18)14(19)17-10-12-6-4-5-11(8-12)9-15/h4-6,8H,2-3,7,9-10,15H2,1H3,(H,16,18)(H,17,19). The van der Waals surface area contributed by atoms with Gasteiger partial charge in [-0.25, -0.2) is 0 Å². The Morgan fingerprint density at radius 2 is 1.84 bits per heavy atom. The third-order valence-corrected chi connectivity index (χ3v) is 2.70. The van der Waals surface area contributed by atoms with Gasteiger partial charge in [-0.1, -0.05) is 37.6 Å². The fraction of sp³-hybridized carbons (Fsp3) is 0.429. The van der Waals surface area contributed by atoms with Crippen molar-refractivity contribution < 1.29 is 9.59 Å². The van der Waals surface area contributed by atoms with Gasteiger partial charge in [0.2, 0.25) is 0 Å². The van der Waals surface area contributed by atoms with Gasteiger partial charge in [-0.05, 0) is 17.5 Å². The Kier molecular flexibility index (Phi) is 6.60. The maximum absolute atomic E-state index is 11.5. The fourth-order valence-corrected chi connectivity index (χ4v) is 1.59. The van der Waals surface area contributed by atoms with Crippen molar-refractivity contribution in [3.63, 3.8) is 0 Å². The van der Waals surface area contributed by atoms with E-state index in [1.165, 1.54) is 0 Å². The summed E-state index contributed by atoms with van der Waals surface area (Å²) in [6, 6.07) is 7.59. The predicted molar refractivity (Wildman–Crippen MR) is 74.1 cm³/mol. The zero-order chi connectivity index (χ0) is 14.1. The number of benzene rings is 1. The average molecular weight is 263 g/mol. The lowest BCUT2D eigenvalue weighted by Crippen LogP contribution is -2.39. The van der Waals surface area contributed by atoms with Crippen LogP contribution < -0.4 is 16.4 Å². The molecule has 0 atom stereocenters. The Bertz CT molecular complexity index is 432. The van der Waals surface area contributed by atoms with Crippen molar-refractivity contribution in [1.82, 2.24) is 10.6 Å². The normalized spacial score (nSPS) is 10.0. The molecule has 0 saturated heterocycles. The summed E-state index contributed by atoms with van der Waals surface area (Å²) in [7, 11) is 0. The topological polar surface area (TPSA) is 84.2 Å². The zero-order valence-electron chi connectivity index (χ0n) is 11.2. The number of hydrogen-bond donors (Lipinski definition) is 3. The lowest BCUT2D eigenvalue weighted by molar-refractivity contribution is -0.139. The first-order chi connectivity index (χ1) is 9.17. The zero-order valence-corrected chi connectivity index (χ0v) is 11.2. The molecule has 2 amide bonds. The first kappa shape index (κ1) is 15.2. The third-order valence-electron chi connectivity index (χ3n) is 2.70. The summed E-state index contributed by atoms with van der Waals surface area (Å²) in [5.41, 5.74) is 7.47. The Morgan fingerprint density at radius 1 is 1.16 bits per heavy atom. The summed E-state index contributed by atoms with van der Waals surface area (Å²) in [6.07, 6.45) is 1.85. The molecule has 19 heavy (non-hydrogen) atoms. The molecular formula is C14H21N3O2. The molecule has 0 saturated carbocycles. The Labute approximate surface area is 113 Å². The molecule has 0 heterocycles. The Balaban J connectivity index is 2.38. The van der Waals surface area contributed by atoms with Crippen LogP contribution in [0, 0.1) is 0 Å². The number of rotatable bonds is 6. The van der Waals surface area contributed by atoms with Gasteiger partial charge >= 0.3 is 11.8 Å². The van der Waals surface area contributed by atoms with Gasteiger partial charge in [-0.2, -0.15) is 0 Å². The smallest absolute Gasteiger partial charge is 0.309 e. The third kappa shape index (κ3) is 5.52. The van der Waals surface area contributed by atoms with Crippen molar-refractivity contribution in [1.29, 1.82) is 0 Å². The van der Waals surface area contributed by atoms with Crippen molar-refractivity contribution in [2.24, 2.45) is 5.73 Å². The maximum Gasteiger partial charge on any atom is 0.309 e. The van der Waals surface area contributed by atoms with Crippen LogP contribution in [0.25, 0.3) is 0 Å². The molecule has 1 rings (SSSR count). The highest BCUT2D eigenvalue weighted by atomic mass is 16.2. The van der Waals surface area contributed by atoms with Crippen LogP contribution in [-0.4, -0.2) is 18.4 Å². The minimum absolute atomic E-state index is 0.327. The highest BCUT2D eigenvalue weighted by molar-refractivity contribution is 6.35. The number of unbranched alkanes of at least 4 members (excludes halogenated alkanes) is 1. The second kappa shape index (κ2) is 8.26. The minimum atomic E-state index is -0.603. The molecule has 0 spiro atoms. The molecule has 104 valence electrons. The summed E-state index contributed by atoms with van der Waals surface area (Å²) >= 11 is 0. The molecule has 0 aliphatic rings. The summed E-state index contributed by atoms with van der Waals surface area (Å²) < 4.78 is 0. The Hall–Kier alpha value is -1.88. The van der Waals surface area contributed by atoms with E-state index in [0.717, 1.165) is 24.0 Å². The van der Waals surface area contributed by atoms with Crippen molar-refractivity contribution in [3.05, 3.63) is 35.4 Å². The number of carbonyl (C=O) groups excluding carboxylic acids is 2. The van der Waals surface area contributed by atoms with Crippen LogP contribution in [-0.2, 0) is 22.7 Å². The van der Waals surface area contributed by atoms with Gasteiger partial charge in [0, 0.05) is 19.6 Å². The van der Waals surface area contributed by atoms with Crippen LogP contribution in [0.1, 0.15) is 30.9 Å². The van der Waals surface area contributed by atoms with Crippen LogP contribution in [0.2, 0.25) is 0 Å². The summed E-state index contributed by atoms with van der Waals surface area (Å²) in [5.74, 6) is -1.18. The van der Waals surface area contributed by atoms with Gasteiger partial charge in [0.25, 0.3) is 0 Å². The summed E-state index contributed by atoms with van der Waals surface area (Å²) in [6.45, 7) is 3.34. The number of nitrogens with two attached hydrogens (primary N) is 1. The van der Waals surface area contributed by atoms with E-state index in [1.54, 1.807) is 0 Å². The van der Waals surface area contributed by atoms with E-state index in [4.69, 9.17) is 5.73 Å². The SMILES string of the molecule is CCCCNC(=O)C(=O)NCc1cccc(CN)c1. The predicted octanol–water partition coefficient (Wildman–Crippen LogP) is 0.678. The molecule has 0 unspecified atom stereocenters. The van der Waals surface area contributed by atoms with Gasteiger partial charge in [0.1, 0.15) is 0 Å². The van der Waals surface area contributed by atoms with Crippen molar-refractivity contribution in [2.45, 2.75) is 32.9 Å². The van der Waals surface area contributed by atoms with Crippen LogP contribution in [0.4, 0.5) is 0 Å². The van der Waals surface area contributed by atoms with Crippen molar-refractivity contribution >= 4 is 11.8 Å². The molecule has 0 aliphatic heterocycles. The van der Waals surface area contributed by atoms with E-state index in [0.29, 0.717) is 19.6 Å². The van der Waals surface area contributed by atoms with E-state index < -0.39 is 11.8 Å². The van der Waals surface area contributed by atoms with Crippen LogP contribution in [0.5, 0.6) is 0 Å². The van der Waals surface area contributed by atoms with Gasteiger partial charge in [0.05, 0.1) is 0 Å². The first-order valence-electron chi connectivity index (χ1n) is 6.51. The number of hydrogen-bond acceptors (Lipinski definition) is 3. The first-order valence-corrected chi connectivity index (χ1v) is 6.51. The number of carbonyl (C=O) groups is 2. The Morgan fingerprint density at radius 3 is 2.53 bits per heavy atom. The molecule has 4 N–H and O–H groups in total. The second-order valence-corrected chi connectivity index (χ2v) is 4.32. The molecule has 0 bridgehead atoms. The van der Waals surface area contributed by atoms with E-state index in [1.807, 2.05) is 31.2 Å². The van der Waals surface area contributed by atoms with Crippen LogP contribution in [0.3, 0.4) is 0 Å². The highest BCUT2D eigenvalue weighted by Gasteiger charge is 2.11. The van der Waals surface area contributed by atoms with Crippen molar-refractivity contribution in [3.8, 4) is 0 Å². The average Bonchev–Trinajstić information content (AvgIpc) is 2.45. The molecule has 0 aromatic heterocycles. The van der Waals surface area contributed by atoms with Crippen LogP contribution in [0.15, 0.2) is 24.3 Å². The molecule has 0 radical (unpaired) electrons. The number of amides is 2. The molecule has 1 aromatic carbocycles. The van der Waals surface area contributed by atoms with Gasteiger partial charge in [-0.3, -0.25) is 9.59 Å². The molecule has 0 aliphatic carbocycles. The van der Waals surface area contributed by atoms with Crippen molar-refractivity contribution in [2.75, 3.05) is 6.54 Å². The molecule has 5 heteroatoms. The monoisotopic (exact) mass is 263 g/mol. The van der Waals surface area contributed by atoms with Gasteiger partial charge < -0.3 is 16.4 Å². The number of nitrogens with one attached hydrogen (secondary N) is 2. The fourth-order valence-electron chi connectivity index (χ4n) is 1.59. The van der Waals surface area contributed by atoms with E-state index >= 15 is 0 Å². The van der Waals surface area contributed by atoms with E-state index in [2.05, 4.69) is 10.6 Å². The molecule has 0 fully saturated rings. The largest absolute Gasteiger partial charge is 0.348 e. The highest BCUT2D eigenvalue weighted by Crippen LogP contribution is 2.03. The summed E-state index contributed by atoms with van der Waals surface area (Å²) in [5, 5.41) is 5.16. The van der Waals surface area contributed by atoms with E-state index in [-0.39, 0.29) is 0 Å². The minimum Gasteiger partial charge on any atom is -0.348 e. The maximum atomic E-state index is 11.5.